The molecule has 0 N–H and O–H groups in total. The van der Waals surface area contributed by atoms with Crippen molar-refractivity contribution in [2.75, 3.05) is 7.11 Å². The summed E-state index contributed by atoms with van der Waals surface area (Å²) in [6.07, 6.45) is -3.06. The van der Waals surface area contributed by atoms with Crippen LogP contribution in [0.2, 0.25) is 0 Å². The van der Waals surface area contributed by atoms with E-state index in [9.17, 15) is 13.2 Å². The van der Waals surface area contributed by atoms with Crippen LogP contribution in [0.1, 0.15) is 5.69 Å². The summed E-state index contributed by atoms with van der Waals surface area (Å²) in [7, 11) is 1.54. The Kier molecular flexibility index (Phi) is 3.60. The topological polar surface area (TPSA) is 26.5 Å². The minimum atomic E-state index is -4.44. The van der Waals surface area contributed by atoms with Gasteiger partial charge in [0, 0.05) is 16.2 Å². The van der Waals surface area contributed by atoms with Gasteiger partial charge in [-0.2, -0.15) is 13.2 Å². The molecule has 0 bridgehead atoms. The largest absolute Gasteiger partial charge is 0.497 e. The third-order valence-electron chi connectivity index (χ3n) is 3.23. The summed E-state index contributed by atoms with van der Waals surface area (Å²) in [6, 6.07) is 9.13. The van der Waals surface area contributed by atoms with Gasteiger partial charge in [0.05, 0.1) is 12.8 Å². The second-order valence-corrected chi connectivity index (χ2v) is 5.46. The second kappa shape index (κ2) is 5.31. The zero-order valence-corrected chi connectivity index (χ0v) is 12.9. The van der Waals surface area contributed by atoms with Crippen molar-refractivity contribution in [3.05, 3.63) is 52.8 Å². The van der Waals surface area contributed by atoms with Crippen LogP contribution in [-0.2, 0) is 6.18 Å². The molecule has 0 saturated carbocycles. The number of alkyl halides is 3. The number of hydrogen-bond donors (Lipinski definition) is 0. The summed E-state index contributed by atoms with van der Waals surface area (Å²) in [4.78, 5) is 4.27. The minimum absolute atomic E-state index is 0.243. The first-order chi connectivity index (χ1) is 10.4. The summed E-state index contributed by atoms with van der Waals surface area (Å²) in [6.45, 7) is 0. The molecule has 114 valence electrons. The van der Waals surface area contributed by atoms with Crippen molar-refractivity contribution < 1.29 is 17.9 Å². The van der Waals surface area contributed by atoms with Crippen molar-refractivity contribution in [2.45, 2.75) is 6.18 Å². The van der Waals surface area contributed by atoms with Gasteiger partial charge in [-0.05, 0) is 46.3 Å². The molecule has 2 heterocycles. The highest BCUT2D eigenvalue weighted by molar-refractivity contribution is 9.10. The quantitative estimate of drug-likeness (QED) is 0.648. The summed E-state index contributed by atoms with van der Waals surface area (Å²) < 4.78 is 45.9. The molecule has 0 fully saturated rings. The van der Waals surface area contributed by atoms with E-state index in [0.29, 0.717) is 21.5 Å². The normalized spacial score (nSPS) is 11.9. The van der Waals surface area contributed by atoms with Gasteiger partial charge < -0.3 is 4.74 Å². The summed E-state index contributed by atoms with van der Waals surface area (Å²) in [5.74, 6) is 0.648. The maximum Gasteiger partial charge on any atom is 0.431 e. The van der Waals surface area contributed by atoms with Crippen molar-refractivity contribution in [1.29, 1.82) is 0 Å². The number of rotatable bonds is 2. The van der Waals surface area contributed by atoms with Crippen LogP contribution in [0.15, 0.2) is 47.1 Å². The highest BCUT2D eigenvalue weighted by Crippen LogP contribution is 2.34. The van der Waals surface area contributed by atoms with Crippen LogP contribution in [-0.4, -0.2) is 16.5 Å². The molecule has 0 aliphatic rings. The van der Waals surface area contributed by atoms with Gasteiger partial charge in [-0.3, -0.25) is 4.40 Å². The van der Waals surface area contributed by atoms with Gasteiger partial charge in [0.15, 0.2) is 0 Å². The summed E-state index contributed by atoms with van der Waals surface area (Å²) in [5, 5.41) is 0. The zero-order chi connectivity index (χ0) is 15.9. The second-order valence-electron chi connectivity index (χ2n) is 4.61. The molecule has 0 saturated heterocycles. The van der Waals surface area contributed by atoms with Crippen molar-refractivity contribution in [2.24, 2.45) is 0 Å². The number of ether oxygens (including phenoxy) is 1. The van der Waals surface area contributed by atoms with E-state index in [-0.39, 0.29) is 5.65 Å². The number of hydrogen-bond acceptors (Lipinski definition) is 2. The van der Waals surface area contributed by atoms with Gasteiger partial charge in [0.25, 0.3) is 0 Å². The molecule has 0 amide bonds. The van der Waals surface area contributed by atoms with E-state index in [0.717, 1.165) is 10.5 Å². The monoisotopic (exact) mass is 370 g/mol. The molecule has 0 spiro atoms. The van der Waals surface area contributed by atoms with E-state index in [2.05, 4.69) is 20.9 Å². The van der Waals surface area contributed by atoms with Crippen molar-refractivity contribution in [1.82, 2.24) is 9.38 Å². The van der Waals surface area contributed by atoms with Crippen LogP contribution in [0.25, 0.3) is 16.9 Å². The molecule has 2 aromatic heterocycles. The number of imidazole rings is 1. The van der Waals surface area contributed by atoms with E-state index >= 15 is 0 Å². The van der Waals surface area contributed by atoms with E-state index in [4.69, 9.17) is 4.74 Å². The summed E-state index contributed by atoms with van der Waals surface area (Å²) in [5.41, 5.74) is 0.629. The molecule has 0 unspecified atom stereocenters. The Labute approximate surface area is 132 Å². The number of aromatic nitrogens is 2. The van der Waals surface area contributed by atoms with Crippen LogP contribution in [0.4, 0.5) is 13.2 Å². The first kappa shape index (κ1) is 14.9. The molecule has 0 aliphatic heterocycles. The lowest BCUT2D eigenvalue weighted by Crippen LogP contribution is -2.10. The van der Waals surface area contributed by atoms with Gasteiger partial charge in [-0.25, -0.2) is 4.98 Å². The third-order valence-corrected chi connectivity index (χ3v) is 3.89. The highest BCUT2D eigenvalue weighted by atomic mass is 79.9. The SMILES string of the molecule is COc1ccc(-c2cn3c(C(F)(F)F)cccc3n2)c(Br)c1. The lowest BCUT2D eigenvalue weighted by atomic mass is 10.1. The van der Waals surface area contributed by atoms with E-state index in [1.807, 2.05) is 0 Å². The molecule has 3 nitrogen and oxygen atoms in total. The maximum absolute atomic E-state index is 13.0. The van der Waals surface area contributed by atoms with Crippen LogP contribution >= 0.6 is 15.9 Å². The van der Waals surface area contributed by atoms with Crippen LogP contribution in [0.5, 0.6) is 5.75 Å². The fourth-order valence-electron chi connectivity index (χ4n) is 2.20. The average Bonchev–Trinajstić information content (AvgIpc) is 2.89. The molecule has 22 heavy (non-hydrogen) atoms. The van der Waals surface area contributed by atoms with Crippen molar-refractivity contribution in [3.63, 3.8) is 0 Å². The maximum atomic E-state index is 13.0. The van der Waals surface area contributed by atoms with E-state index in [1.165, 1.54) is 18.3 Å². The van der Waals surface area contributed by atoms with Crippen LogP contribution < -0.4 is 4.74 Å². The molecule has 3 aromatic rings. The Hall–Kier alpha value is -2.02. The molecule has 1 aromatic carbocycles. The van der Waals surface area contributed by atoms with Gasteiger partial charge in [-0.15, -0.1) is 0 Å². The molecular formula is C15H10BrF3N2O. The number of pyridine rings is 1. The van der Waals surface area contributed by atoms with Crippen molar-refractivity contribution in [3.8, 4) is 17.0 Å². The van der Waals surface area contributed by atoms with Crippen LogP contribution in [0.3, 0.4) is 0 Å². The Bertz CT molecular complexity index is 842. The van der Waals surface area contributed by atoms with Gasteiger partial charge in [0.1, 0.15) is 17.1 Å². The zero-order valence-electron chi connectivity index (χ0n) is 11.4. The number of halogens is 4. The van der Waals surface area contributed by atoms with Crippen molar-refractivity contribution >= 4 is 21.6 Å². The first-order valence-electron chi connectivity index (χ1n) is 6.29. The molecule has 0 radical (unpaired) electrons. The predicted molar refractivity (Wildman–Crippen MR) is 79.9 cm³/mol. The number of nitrogens with zero attached hydrogens (tertiary/aromatic N) is 2. The third kappa shape index (κ3) is 2.56. The Morgan fingerprint density at radius 2 is 1.95 bits per heavy atom. The average molecular weight is 371 g/mol. The molecule has 3 rings (SSSR count). The van der Waals surface area contributed by atoms with E-state index < -0.39 is 11.9 Å². The molecule has 0 aliphatic carbocycles. The lowest BCUT2D eigenvalue weighted by Gasteiger charge is -2.08. The molecule has 7 heteroatoms. The minimum Gasteiger partial charge on any atom is -0.497 e. The highest BCUT2D eigenvalue weighted by Gasteiger charge is 2.33. The van der Waals surface area contributed by atoms with Gasteiger partial charge >= 0.3 is 6.18 Å². The fraction of sp³-hybridized carbons (Fsp3) is 0.133. The Morgan fingerprint density at radius 3 is 2.59 bits per heavy atom. The van der Waals surface area contributed by atoms with E-state index in [1.54, 1.807) is 25.3 Å². The number of methoxy groups -OCH3 is 1. The Balaban J connectivity index is 2.17. The molecule has 0 atom stereocenters. The Morgan fingerprint density at radius 1 is 1.18 bits per heavy atom. The predicted octanol–water partition coefficient (Wildman–Crippen LogP) is 4.79. The lowest BCUT2D eigenvalue weighted by molar-refractivity contribution is -0.142. The standard InChI is InChI=1S/C15H10BrF3N2O/c1-22-9-5-6-10(11(16)7-9)12-8-21-13(15(17,18)19)3-2-4-14(21)20-12/h2-8H,1H3. The van der Waals surface area contributed by atoms with Crippen LogP contribution in [0, 0.1) is 0 Å². The number of benzene rings is 1. The summed E-state index contributed by atoms with van der Waals surface area (Å²) >= 11 is 3.39. The fourth-order valence-corrected chi connectivity index (χ4v) is 2.76. The molecular weight excluding hydrogens is 361 g/mol. The number of fused-ring (bicyclic) bond motifs is 1. The van der Waals surface area contributed by atoms with Gasteiger partial charge in [-0.1, -0.05) is 6.07 Å². The first-order valence-corrected chi connectivity index (χ1v) is 7.08. The van der Waals surface area contributed by atoms with Gasteiger partial charge in [0.2, 0.25) is 0 Å². The smallest absolute Gasteiger partial charge is 0.431 e.